The molecule has 2 heterocycles. The number of carbonyl (C=O) groups is 1. The third-order valence-corrected chi connectivity index (χ3v) is 6.82. The van der Waals surface area contributed by atoms with Crippen LogP contribution in [0.25, 0.3) is 10.2 Å². The molecule has 1 amide bonds. The van der Waals surface area contributed by atoms with E-state index < -0.39 is 0 Å². The fourth-order valence-corrected chi connectivity index (χ4v) is 4.79. The highest BCUT2D eigenvalue weighted by molar-refractivity contribution is 7.98. The highest BCUT2D eigenvalue weighted by Gasteiger charge is 2.23. The average molecular weight is 414 g/mol. The normalized spacial score (nSPS) is 14.5. The second-order valence-electron chi connectivity index (χ2n) is 6.72. The molecule has 1 saturated heterocycles. The summed E-state index contributed by atoms with van der Waals surface area (Å²) in [6.07, 6.45) is 2.52. The number of rotatable bonds is 5. The molecule has 7 heteroatoms. The van der Waals surface area contributed by atoms with Gasteiger partial charge in [0, 0.05) is 31.1 Å². The molecular formula is C21H23N3O2S2. The molecule has 1 aliphatic heterocycles. The fraction of sp³-hybridized carbons (Fsp3) is 0.333. The summed E-state index contributed by atoms with van der Waals surface area (Å²) in [7, 11) is 1.68. The SMILES string of the molecule is COc1ccc2nc(N3CCN(C(=O)Cc4ccc(SC)cc4)CC3)sc2c1. The summed E-state index contributed by atoms with van der Waals surface area (Å²) in [5.41, 5.74) is 2.07. The van der Waals surface area contributed by atoms with Gasteiger partial charge in [-0.25, -0.2) is 4.98 Å². The van der Waals surface area contributed by atoms with Crippen LogP contribution in [0.5, 0.6) is 5.75 Å². The zero-order valence-electron chi connectivity index (χ0n) is 16.1. The number of carbonyl (C=O) groups excluding carboxylic acids is 1. The highest BCUT2D eigenvalue weighted by atomic mass is 32.2. The van der Waals surface area contributed by atoms with E-state index in [4.69, 9.17) is 9.72 Å². The first-order valence-electron chi connectivity index (χ1n) is 9.26. The zero-order chi connectivity index (χ0) is 19.5. The van der Waals surface area contributed by atoms with Crippen LogP contribution >= 0.6 is 23.1 Å². The second kappa shape index (κ2) is 8.41. The van der Waals surface area contributed by atoms with Crippen molar-refractivity contribution >= 4 is 44.4 Å². The topological polar surface area (TPSA) is 45.7 Å². The van der Waals surface area contributed by atoms with E-state index in [9.17, 15) is 4.79 Å². The van der Waals surface area contributed by atoms with Crippen molar-refractivity contribution in [2.75, 3.05) is 44.4 Å². The van der Waals surface area contributed by atoms with E-state index in [1.807, 2.05) is 23.1 Å². The van der Waals surface area contributed by atoms with Gasteiger partial charge in [-0.2, -0.15) is 0 Å². The molecule has 3 aromatic rings. The van der Waals surface area contributed by atoms with E-state index in [0.717, 1.165) is 52.8 Å². The van der Waals surface area contributed by atoms with Crippen molar-refractivity contribution in [3.05, 3.63) is 48.0 Å². The Balaban J connectivity index is 1.36. The molecule has 28 heavy (non-hydrogen) atoms. The van der Waals surface area contributed by atoms with Crippen LogP contribution in [0.1, 0.15) is 5.56 Å². The van der Waals surface area contributed by atoms with Crippen LogP contribution in [0.4, 0.5) is 5.13 Å². The third-order valence-electron chi connectivity index (χ3n) is 5.00. The van der Waals surface area contributed by atoms with Gasteiger partial charge in [0.25, 0.3) is 0 Å². The minimum Gasteiger partial charge on any atom is -0.497 e. The molecule has 2 aromatic carbocycles. The van der Waals surface area contributed by atoms with Crippen LogP contribution in [-0.4, -0.2) is 55.3 Å². The molecule has 0 atom stereocenters. The molecule has 0 N–H and O–H groups in total. The number of amides is 1. The maximum absolute atomic E-state index is 12.7. The quantitative estimate of drug-likeness (QED) is 0.594. The maximum atomic E-state index is 12.7. The van der Waals surface area contributed by atoms with Gasteiger partial charge in [0.05, 0.1) is 23.7 Å². The van der Waals surface area contributed by atoms with Crippen LogP contribution in [0.2, 0.25) is 0 Å². The third kappa shape index (κ3) is 4.10. The Hall–Kier alpha value is -2.25. The minimum absolute atomic E-state index is 0.200. The molecular weight excluding hydrogens is 390 g/mol. The number of ether oxygens (including phenoxy) is 1. The molecule has 0 radical (unpaired) electrons. The molecule has 1 aromatic heterocycles. The second-order valence-corrected chi connectivity index (χ2v) is 8.61. The lowest BCUT2D eigenvalue weighted by Gasteiger charge is -2.34. The molecule has 1 fully saturated rings. The van der Waals surface area contributed by atoms with Crippen molar-refractivity contribution in [3.8, 4) is 5.75 Å². The van der Waals surface area contributed by atoms with Gasteiger partial charge in [0.1, 0.15) is 5.75 Å². The number of fused-ring (bicyclic) bond motifs is 1. The standard InChI is InChI=1S/C21H23N3O2S2/c1-26-16-5-8-18-19(14-16)28-21(22-18)24-11-9-23(10-12-24)20(25)13-15-3-6-17(27-2)7-4-15/h3-8,14H,9-13H2,1-2H3. The van der Waals surface area contributed by atoms with Crippen LogP contribution < -0.4 is 9.64 Å². The van der Waals surface area contributed by atoms with Crippen molar-refractivity contribution in [2.24, 2.45) is 0 Å². The van der Waals surface area contributed by atoms with Crippen LogP contribution in [0.15, 0.2) is 47.4 Å². The Morgan fingerprint density at radius 3 is 2.57 bits per heavy atom. The molecule has 4 rings (SSSR count). The summed E-state index contributed by atoms with van der Waals surface area (Å²) < 4.78 is 6.43. The van der Waals surface area contributed by atoms with Gasteiger partial charge in [0.15, 0.2) is 5.13 Å². The first-order valence-corrected chi connectivity index (χ1v) is 11.3. The predicted octanol–water partition coefficient (Wildman–Crippen LogP) is 3.92. The largest absolute Gasteiger partial charge is 0.497 e. The maximum Gasteiger partial charge on any atom is 0.227 e. The number of hydrogen-bond acceptors (Lipinski definition) is 6. The smallest absolute Gasteiger partial charge is 0.227 e. The lowest BCUT2D eigenvalue weighted by Crippen LogP contribution is -2.49. The van der Waals surface area contributed by atoms with E-state index in [2.05, 4.69) is 35.4 Å². The summed E-state index contributed by atoms with van der Waals surface area (Å²) in [5, 5.41) is 1.02. The number of anilines is 1. The lowest BCUT2D eigenvalue weighted by molar-refractivity contribution is -0.130. The summed E-state index contributed by atoms with van der Waals surface area (Å²) >= 11 is 3.39. The Kier molecular flexibility index (Phi) is 5.73. The van der Waals surface area contributed by atoms with Gasteiger partial charge < -0.3 is 14.5 Å². The van der Waals surface area contributed by atoms with E-state index in [1.165, 1.54) is 4.90 Å². The van der Waals surface area contributed by atoms with Crippen LogP contribution in [0.3, 0.4) is 0 Å². The number of thioether (sulfide) groups is 1. The minimum atomic E-state index is 0.200. The zero-order valence-corrected chi connectivity index (χ0v) is 17.7. The lowest BCUT2D eigenvalue weighted by atomic mass is 10.1. The molecule has 0 aliphatic carbocycles. The molecule has 0 spiro atoms. The predicted molar refractivity (Wildman–Crippen MR) is 117 cm³/mol. The van der Waals surface area contributed by atoms with E-state index in [0.29, 0.717) is 6.42 Å². The van der Waals surface area contributed by atoms with Crippen molar-refractivity contribution in [1.29, 1.82) is 0 Å². The number of benzene rings is 2. The Morgan fingerprint density at radius 1 is 1.14 bits per heavy atom. The fourth-order valence-electron chi connectivity index (χ4n) is 3.33. The van der Waals surface area contributed by atoms with Crippen molar-refractivity contribution in [3.63, 3.8) is 0 Å². The number of nitrogens with zero attached hydrogens (tertiary/aromatic N) is 3. The first kappa shape index (κ1) is 19.1. The Bertz CT molecular complexity index is 963. The van der Waals surface area contributed by atoms with E-state index in [1.54, 1.807) is 30.2 Å². The summed E-state index contributed by atoms with van der Waals surface area (Å²) in [5.74, 6) is 1.05. The number of thiazole rings is 1. The van der Waals surface area contributed by atoms with Gasteiger partial charge in [-0.3, -0.25) is 4.79 Å². The van der Waals surface area contributed by atoms with Gasteiger partial charge in [-0.05, 0) is 42.2 Å². The molecule has 1 aliphatic rings. The number of piperazine rings is 1. The summed E-state index contributed by atoms with van der Waals surface area (Å²) in [6, 6.07) is 14.2. The Morgan fingerprint density at radius 2 is 1.89 bits per heavy atom. The first-order chi connectivity index (χ1) is 13.7. The molecule has 146 valence electrons. The number of aromatic nitrogens is 1. The van der Waals surface area contributed by atoms with Crippen molar-refractivity contribution in [1.82, 2.24) is 9.88 Å². The van der Waals surface area contributed by atoms with Crippen molar-refractivity contribution in [2.45, 2.75) is 11.3 Å². The van der Waals surface area contributed by atoms with Gasteiger partial charge >= 0.3 is 0 Å². The molecule has 5 nitrogen and oxygen atoms in total. The van der Waals surface area contributed by atoms with E-state index in [-0.39, 0.29) is 5.91 Å². The molecule has 0 saturated carbocycles. The monoisotopic (exact) mass is 413 g/mol. The van der Waals surface area contributed by atoms with Crippen LogP contribution in [0, 0.1) is 0 Å². The van der Waals surface area contributed by atoms with E-state index >= 15 is 0 Å². The average Bonchev–Trinajstić information content (AvgIpc) is 3.17. The Labute approximate surface area is 173 Å². The summed E-state index contributed by atoms with van der Waals surface area (Å²) in [6.45, 7) is 3.10. The highest BCUT2D eigenvalue weighted by Crippen LogP contribution is 2.31. The van der Waals surface area contributed by atoms with Gasteiger partial charge in [-0.15, -0.1) is 11.8 Å². The number of hydrogen-bond donors (Lipinski definition) is 0. The van der Waals surface area contributed by atoms with Gasteiger partial charge in [-0.1, -0.05) is 23.5 Å². The summed E-state index contributed by atoms with van der Waals surface area (Å²) in [4.78, 5) is 22.9. The van der Waals surface area contributed by atoms with Gasteiger partial charge in [0.2, 0.25) is 5.91 Å². The molecule has 0 unspecified atom stereocenters. The molecule has 0 bridgehead atoms. The number of methoxy groups -OCH3 is 1. The van der Waals surface area contributed by atoms with Crippen molar-refractivity contribution < 1.29 is 9.53 Å². The van der Waals surface area contributed by atoms with Crippen LogP contribution in [-0.2, 0) is 11.2 Å².